The number of nitrogens with zero attached hydrogens (tertiary/aromatic N) is 3. The summed E-state index contributed by atoms with van der Waals surface area (Å²) in [5, 5.41) is 0. The van der Waals surface area contributed by atoms with Gasteiger partial charge in [-0.1, -0.05) is 83.3 Å². The van der Waals surface area contributed by atoms with Crippen molar-refractivity contribution < 1.29 is 52.2 Å². The molecule has 3 aromatic carbocycles. The monoisotopic (exact) mass is 893 g/mol. The summed E-state index contributed by atoms with van der Waals surface area (Å²) in [7, 11) is 0. The molecule has 7 nitrogen and oxygen atoms in total. The van der Waals surface area contributed by atoms with Crippen LogP contribution in [0.25, 0.3) is 45.0 Å². The van der Waals surface area contributed by atoms with E-state index in [1.807, 2.05) is 13.0 Å². The van der Waals surface area contributed by atoms with E-state index in [0.29, 0.717) is 71.5 Å². The molecule has 11 heteroatoms. The molecule has 3 aromatic heterocycles. The van der Waals surface area contributed by atoms with E-state index < -0.39 is 11.6 Å². The summed E-state index contributed by atoms with van der Waals surface area (Å²) in [5.74, 6) is -1.19. The standard InChI is InChI=1S/C30H24F2N2O4.C12H9FN.Ir/c31-26-10-19(13-35-15-21-17-37-21)7-8-23(26)29-5-3-6-30(34-29)24-12-25(28-4-1-2-9-33-28)27(32)11-20(24)14-36-16-22-18-38-22;1-9-5-6-10(11(13)8-9)12-4-2-3-7-14-12;/h1-7,9-11,21-22H,13-18H2;2-5,7-8H,1H3;/q-2;-1;+3. The minimum Gasteiger partial charge on any atom is -0.383 e. The first-order chi connectivity index (χ1) is 25.4. The third-order valence-electron chi connectivity index (χ3n) is 8.14. The van der Waals surface area contributed by atoms with E-state index in [1.165, 1.54) is 18.2 Å². The summed E-state index contributed by atoms with van der Waals surface area (Å²) in [5.41, 5.74) is 5.52. The molecule has 2 saturated heterocycles. The molecule has 0 saturated carbocycles. The molecule has 0 N–H and O–H groups in total. The Bertz CT molecular complexity index is 2130. The predicted octanol–water partition coefficient (Wildman–Crippen LogP) is 8.18. The Kier molecular flexibility index (Phi) is 12.9. The molecule has 2 fully saturated rings. The molecule has 0 bridgehead atoms. The van der Waals surface area contributed by atoms with Crippen LogP contribution in [-0.4, -0.2) is 53.6 Å². The Hall–Kier alpha value is -4.61. The number of pyridine rings is 3. The fourth-order valence-electron chi connectivity index (χ4n) is 5.32. The summed E-state index contributed by atoms with van der Waals surface area (Å²) >= 11 is 0. The first-order valence-corrected chi connectivity index (χ1v) is 16.7. The quantitative estimate of drug-likeness (QED) is 0.0907. The number of hydrogen-bond donors (Lipinski definition) is 0. The molecular formula is C42H33F3IrN3O4. The van der Waals surface area contributed by atoms with Crippen molar-refractivity contribution in [3.8, 4) is 45.0 Å². The van der Waals surface area contributed by atoms with Crippen molar-refractivity contribution in [3.63, 3.8) is 0 Å². The van der Waals surface area contributed by atoms with Crippen LogP contribution in [0.5, 0.6) is 0 Å². The van der Waals surface area contributed by atoms with Crippen LogP contribution in [0.4, 0.5) is 13.2 Å². The van der Waals surface area contributed by atoms with Crippen LogP contribution in [0.3, 0.4) is 0 Å². The predicted molar refractivity (Wildman–Crippen MR) is 188 cm³/mol. The average Bonchev–Trinajstić information content (AvgIpc) is 4.10. The van der Waals surface area contributed by atoms with Gasteiger partial charge < -0.3 is 28.9 Å². The molecule has 2 aliphatic heterocycles. The van der Waals surface area contributed by atoms with Gasteiger partial charge in [-0.15, -0.1) is 53.6 Å². The van der Waals surface area contributed by atoms with Gasteiger partial charge in [0.15, 0.2) is 0 Å². The molecule has 2 unspecified atom stereocenters. The second-order valence-electron chi connectivity index (χ2n) is 12.3. The second kappa shape index (κ2) is 17.9. The molecule has 2 aliphatic rings. The topological polar surface area (TPSA) is 82.2 Å². The van der Waals surface area contributed by atoms with Crippen molar-refractivity contribution in [2.24, 2.45) is 0 Å². The normalized spacial score (nSPS) is 15.5. The molecule has 5 heterocycles. The number of epoxide rings is 2. The van der Waals surface area contributed by atoms with Crippen LogP contribution in [0.1, 0.15) is 16.7 Å². The maximum absolute atomic E-state index is 15.2. The van der Waals surface area contributed by atoms with Crippen LogP contribution in [0.15, 0.2) is 97.3 Å². The number of aryl methyl sites for hydroxylation is 1. The van der Waals surface area contributed by atoms with Crippen molar-refractivity contribution in [1.29, 1.82) is 0 Å². The molecular weight excluding hydrogens is 860 g/mol. The van der Waals surface area contributed by atoms with Gasteiger partial charge in [-0.25, -0.2) is 0 Å². The van der Waals surface area contributed by atoms with Crippen LogP contribution in [0, 0.1) is 42.6 Å². The Morgan fingerprint density at radius 2 is 1.21 bits per heavy atom. The zero-order chi connectivity index (χ0) is 35.9. The number of rotatable bonds is 12. The van der Waals surface area contributed by atoms with Crippen molar-refractivity contribution in [2.45, 2.75) is 32.3 Å². The van der Waals surface area contributed by atoms with Gasteiger partial charge >= 0.3 is 20.1 Å². The van der Waals surface area contributed by atoms with Crippen molar-refractivity contribution in [3.05, 3.63) is 150 Å². The third kappa shape index (κ3) is 10.3. The fraction of sp³-hybridized carbons (Fsp3) is 0.214. The summed E-state index contributed by atoms with van der Waals surface area (Å²) in [6.07, 6.45) is 3.47. The van der Waals surface area contributed by atoms with Crippen LogP contribution in [-0.2, 0) is 52.3 Å². The van der Waals surface area contributed by atoms with Gasteiger partial charge in [0.05, 0.1) is 32.2 Å². The average molecular weight is 893 g/mol. The minimum atomic E-state index is -0.463. The zero-order valence-electron chi connectivity index (χ0n) is 28.6. The number of halogens is 3. The van der Waals surface area contributed by atoms with E-state index in [1.54, 1.807) is 73.1 Å². The summed E-state index contributed by atoms with van der Waals surface area (Å²) in [6.45, 7) is 4.54. The number of hydrogen-bond acceptors (Lipinski definition) is 7. The summed E-state index contributed by atoms with van der Waals surface area (Å²) in [6, 6.07) is 32.8. The SMILES string of the molecule is Cc1c[c-]c(-c2ccccn2)c(F)c1.Fc1cc(COCC2CO2)c(-c2cccc(-c3[c-]cc(COCC4CO4)cc3F)n2)[c-]c1-c1ccccn1.[Ir+3]. The number of benzene rings is 3. The Balaban J connectivity index is 0.000000269. The summed E-state index contributed by atoms with van der Waals surface area (Å²) in [4.78, 5) is 13.0. The van der Waals surface area contributed by atoms with E-state index in [4.69, 9.17) is 23.9 Å². The van der Waals surface area contributed by atoms with E-state index >= 15 is 8.78 Å². The van der Waals surface area contributed by atoms with Crippen LogP contribution in [0.2, 0.25) is 0 Å². The molecule has 2 atom stereocenters. The minimum absolute atomic E-state index is 0. The number of aromatic nitrogens is 3. The molecule has 8 rings (SSSR count). The molecule has 0 spiro atoms. The third-order valence-corrected chi connectivity index (χ3v) is 8.14. The Labute approximate surface area is 319 Å². The molecule has 270 valence electrons. The van der Waals surface area contributed by atoms with Crippen LogP contribution >= 0.6 is 0 Å². The van der Waals surface area contributed by atoms with Crippen LogP contribution < -0.4 is 0 Å². The Morgan fingerprint density at radius 3 is 1.81 bits per heavy atom. The van der Waals surface area contributed by atoms with Crippen molar-refractivity contribution >= 4 is 0 Å². The largest absolute Gasteiger partial charge is 3.00 e. The van der Waals surface area contributed by atoms with E-state index in [9.17, 15) is 4.39 Å². The smallest absolute Gasteiger partial charge is 0.383 e. The Morgan fingerprint density at radius 1 is 0.660 bits per heavy atom. The molecule has 53 heavy (non-hydrogen) atoms. The fourth-order valence-corrected chi connectivity index (χ4v) is 5.32. The van der Waals surface area contributed by atoms with Gasteiger partial charge in [0.1, 0.15) is 12.2 Å². The van der Waals surface area contributed by atoms with Gasteiger partial charge in [0.2, 0.25) is 0 Å². The van der Waals surface area contributed by atoms with Gasteiger partial charge in [0.25, 0.3) is 0 Å². The maximum atomic E-state index is 15.2. The van der Waals surface area contributed by atoms with Crippen molar-refractivity contribution in [2.75, 3.05) is 26.4 Å². The van der Waals surface area contributed by atoms with Gasteiger partial charge in [-0.05, 0) is 29.2 Å². The molecule has 6 aromatic rings. The van der Waals surface area contributed by atoms with E-state index in [2.05, 4.69) is 28.2 Å². The maximum Gasteiger partial charge on any atom is 3.00 e. The first-order valence-electron chi connectivity index (χ1n) is 16.7. The molecule has 0 amide bonds. The molecule has 0 aliphatic carbocycles. The van der Waals surface area contributed by atoms with Gasteiger partial charge in [-0.3, -0.25) is 18.2 Å². The van der Waals surface area contributed by atoms with Gasteiger partial charge in [0, 0.05) is 42.9 Å². The summed E-state index contributed by atoms with van der Waals surface area (Å²) < 4.78 is 65.3. The van der Waals surface area contributed by atoms with Gasteiger partial charge in [-0.2, -0.15) is 0 Å². The van der Waals surface area contributed by atoms with E-state index in [-0.39, 0.29) is 62.5 Å². The first kappa shape index (κ1) is 38.1. The number of ether oxygens (including phenoxy) is 4. The zero-order valence-corrected chi connectivity index (χ0v) is 31.0. The second-order valence-corrected chi connectivity index (χ2v) is 12.3. The van der Waals surface area contributed by atoms with Crippen molar-refractivity contribution in [1.82, 2.24) is 15.0 Å². The van der Waals surface area contributed by atoms with E-state index in [0.717, 1.165) is 5.56 Å². The molecule has 0 radical (unpaired) electrons.